The molecule has 0 radical (unpaired) electrons. The van der Waals surface area contributed by atoms with Crippen molar-refractivity contribution in [2.75, 3.05) is 6.54 Å². The summed E-state index contributed by atoms with van der Waals surface area (Å²) in [6, 6.07) is -0.112. The third kappa shape index (κ3) is 5.03. The number of carboxylic acids is 1. The van der Waals surface area contributed by atoms with E-state index in [2.05, 4.69) is 5.32 Å². The van der Waals surface area contributed by atoms with Crippen LogP contribution in [0.4, 0.5) is 0 Å². The average molecular weight is 354 g/mol. The smallest absolute Gasteiger partial charge is 0.310 e. The fourth-order valence-corrected chi connectivity index (χ4v) is 3.60. The predicted octanol–water partition coefficient (Wildman–Crippen LogP) is 1.42. The second kappa shape index (κ2) is 8.29. The molecule has 0 spiro atoms. The Balaban J connectivity index is 0.000000212. The summed E-state index contributed by atoms with van der Waals surface area (Å²) in [6.45, 7) is 6.24. The summed E-state index contributed by atoms with van der Waals surface area (Å²) in [5, 5.41) is 11.3. The molecule has 1 aliphatic heterocycles. The van der Waals surface area contributed by atoms with E-state index in [1.54, 1.807) is 6.08 Å². The molecule has 3 aliphatic rings. The summed E-state index contributed by atoms with van der Waals surface area (Å²) in [4.78, 5) is 22.1. The van der Waals surface area contributed by atoms with Crippen molar-refractivity contribution in [3.05, 3.63) is 12.2 Å². The molecule has 1 heterocycles. The molecule has 4 N–H and O–H groups in total. The van der Waals surface area contributed by atoms with Gasteiger partial charge in [-0.15, -0.1) is 0 Å². The van der Waals surface area contributed by atoms with Crippen molar-refractivity contribution < 1.29 is 24.2 Å². The van der Waals surface area contributed by atoms with Crippen LogP contribution in [0.1, 0.15) is 46.5 Å². The van der Waals surface area contributed by atoms with Gasteiger partial charge in [0.1, 0.15) is 12.2 Å². The number of hydrogen-bond acceptors (Lipinski definition) is 5. The van der Waals surface area contributed by atoms with E-state index in [9.17, 15) is 9.59 Å². The minimum Gasteiger partial charge on any atom is -0.481 e. The molecule has 1 saturated heterocycles. The van der Waals surface area contributed by atoms with Crippen LogP contribution in [0.5, 0.6) is 0 Å². The molecule has 0 aromatic carbocycles. The Labute approximate surface area is 148 Å². The number of allylic oxidation sites excluding steroid dienone is 1. The van der Waals surface area contributed by atoms with E-state index in [0.717, 1.165) is 19.3 Å². The molecule has 7 nitrogen and oxygen atoms in total. The molecule has 142 valence electrons. The Bertz CT molecular complexity index is 520. The van der Waals surface area contributed by atoms with Gasteiger partial charge in [-0.2, -0.15) is 0 Å². The van der Waals surface area contributed by atoms with Crippen molar-refractivity contribution in [2.24, 2.45) is 17.6 Å². The van der Waals surface area contributed by atoms with E-state index in [1.165, 1.54) is 0 Å². The summed E-state index contributed by atoms with van der Waals surface area (Å²) < 4.78 is 11.5. The van der Waals surface area contributed by atoms with Gasteiger partial charge in [-0.1, -0.05) is 12.2 Å². The second-order valence-electron chi connectivity index (χ2n) is 7.27. The lowest BCUT2D eigenvalue weighted by molar-refractivity contribution is -0.161. The van der Waals surface area contributed by atoms with Crippen LogP contribution in [0.25, 0.3) is 0 Å². The molecular weight excluding hydrogens is 324 g/mol. The molecule has 7 heteroatoms. The van der Waals surface area contributed by atoms with Gasteiger partial charge in [-0.25, -0.2) is 0 Å². The molecule has 0 aromatic rings. The molecule has 3 rings (SSSR count). The first-order valence-electron chi connectivity index (χ1n) is 9.03. The SMILES string of the molecule is CCNC(=O)C1C[C@@H](N)C2OC(C)(C)OC12.O=C(O)C1C=CCCC1. The number of fused-ring (bicyclic) bond motifs is 1. The van der Waals surface area contributed by atoms with Crippen LogP contribution < -0.4 is 11.1 Å². The normalized spacial score (nSPS) is 35.4. The third-order valence-corrected chi connectivity index (χ3v) is 4.77. The molecular formula is C18H30N2O5. The Morgan fingerprint density at radius 2 is 2.00 bits per heavy atom. The molecule has 4 unspecified atom stereocenters. The highest BCUT2D eigenvalue weighted by Gasteiger charge is 2.54. The van der Waals surface area contributed by atoms with Gasteiger partial charge in [0.05, 0.1) is 11.8 Å². The summed E-state index contributed by atoms with van der Waals surface area (Å²) in [5.41, 5.74) is 5.98. The van der Waals surface area contributed by atoms with Gasteiger partial charge < -0.3 is 25.6 Å². The van der Waals surface area contributed by atoms with Crippen LogP contribution in [-0.4, -0.2) is 47.6 Å². The van der Waals surface area contributed by atoms with Crippen LogP contribution in [0, 0.1) is 11.8 Å². The molecule has 5 atom stereocenters. The molecule has 1 saturated carbocycles. The van der Waals surface area contributed by atoms with Gasteiger partial charge in [-0.05, 0) is 46.5 Å². The van der Waals surface area contributed by atoms with Crippen molar-refractivity contribution in [1.82, 2.24) is 5.32 Å². The maximum atomic E-state index is 11.8. The number of nitrogens with two attached hydrogens (primary N) is 1. The predicted molar refractivity (Wildman–Crippen MR) is 92.7 cm³/mol. The lowest BCUT2D eigenvalue weighted by Crippen LogP contribution is -2.37. The van der Waals surface area contributed by atoms with Crippen LogP contribution in [-0.2, 0) is 19.1 Å². The van der Waals surface area contributed by atoms with Crippen LogP contribution in [0.2, 0.25) is 0 Å². The van der Waals surface area contributed by atoms with Crippen LogP contribution in [0.15, 0.2) is 12.2 Å². The average Bonchev–Trinajstić information content (AvgIpc) is 3.03. The quantitative estimate of drug-likeness (QED) is 0.661. The number of nitrogens with one attached hydrogen (secondary N) is 1. The van der Waals surface area contributed by atoms with Crippen molar-refractivity contribution in [3.8, 4) is 0 Å². The summed E-state index contributed by atoms with van der Waals surface area (Å²) >= 11 is 0. The fraction of sp³-hybridized carbons (Fsp3) is 0.778. The van der Waals surface area contributed by atoms with Crippen LogP contribution in [0.3, 0.4) is 0 Å². The highest BCUT2D eigenvalue weighted by atomic mass is 16.8. The van der Waals surface area contributed by atoms with Crippen molar-refractivity contribution >= 4 is 11.9 Å². The minimum atomic E-state index is -0.689. The molecule has 2 aliphatic carbocycles. The number of carbonyl (C=O) groups is 2. The number of aliphatic carboxylic acids is 1. The maximum Gasteiger partial charge on any atom is 0.310 e. The summed E-state index contributed by atoms with van der Waals surface area (Å²) in [6.07, 6.45) is 6.90. The van der Waals surface area contributed by atoms with E-state index in [0.29, 0.717) is 13.0 Å². The third-order valence-electron chi connectivity index (χ3n) is 4.77. The number of carboxylic acid groups (broad SMARTS) is 1. The van der Waals surface area contributed by atoms with E-state index in [1.807, 2.05) is 26.8 Å². The van der Waals surface area contributed by atoms with E-state index in [-0.39, 0.29) is 36.0 Å². The zero-order valence-corrected chi connectivity index (χ0v) is 15.2. The molecule has 0 bridgehead atoms. The zero-order chi connectivity index (χ0) is 18.6. The standard InChI is InChI=1S/C11H20N2O3.C7H10O2/c1-4-13-10(14)6-5-7(12)9-8(6)15-11(2,3)16-9;8-7(9)6-4-2-1-3-5-6/h6-9H,4-5,12H2,1-3H3,(H,13,14);2,4,6H,1,3,5H2,(H,8,9)/t6?,7-,8?,9?;/m1./s1. The van der Waals surface area contributed by atoms with Gasteiger partial charge in [0.15, 0.2) is 5.79 Å². The van der Waals surface area contributed by atoms with Gasteiger partial charge in [-0.3, -0.25) is 9.59 Å². The topological polar surface area (TPSA) is 111 Å². The Morgan fingerprint density at radius 1 is 1.32 bits per heavy atom. The number of carbonyl (C=O) groups excluding carboxylic acids is 1. The molecule has 25 heavy (non-hydrogen) atoms. The van der Waals surface area contributed by atoms with Gasteiger partial charge in [0.2, 0.25) is 5.91 Å². The largest absolute Gasteiger partial charge is 0.481 e. The first-order chi connectivity index (χ1) is 11.7. The Morgan fingerprint density at radius 3 is 2.52 bits per heavy atom. The highest BCUT2D eigenvalue weighted by molar-refractivity contribution is 5.80. The maximum absolute atomic E-state index is 11.8. The first-order valence-corrected chi connectivity index (χ1v) is 9.03. The summed E-state index contributed by atoms with van der Waals surface area (Å²) in [5.74, 6) is -1.68. The van der Waals surface area contributed by atoms with Crippen molar-refractivity contribution in [1.29, 1.82) is 0 Å². The number of rotatable bonds is 3. The highest BCUT2D eigenvalue weighted by Crippen LogP contribution is 2.40. The monoisotopic (exact) mass is 354 g/mol. The van der Waals surface area contributed by atoms with Crippen molar-refractivity contribution in [3.63, 3.8) is 0 Å². The summed E-state index contributed by atoms with van der Waals surface area (Å²) in [7, 11) is 0. The minimum absolute atomic E-state index is 0.0201. The van der Waals surface area contributed by atoms with Crippen molar-refractivity contribution in [2.45, 2.75) is 70.5 Å². The first kappa shape index (κ1) is 19.9. The molecule has 0 aromatic heterocycles. The molecule has 2 fully saturated rings. The van der Waals surface area contributed by atoms with Gasteiger partial charge >= 0.3 is 5.97 Å². The van der Waals surface area contributed by atoms with Crippen LogP contribution >= 0.6 is 0 Å². The van der Waals surface area contributed by atoms with Gasteiger partial charge in [0.25, 0.3) is 0 Å². The lowest BCUT2D eigenvalue weighted by Gasteiger charge is -2.22. The van der Waals surface area contributed by atoms with E-state index < -0.39 is 11.8 Å². The van der Waals surface area contributed by atoms with E-state index in [4.69, 9.17) is 20.3 Å². The number of ether oxygens (including phenoxy) is 2. The second-order valence-corrected chi connectivity index (χ2v) is 7.27. The lowest BCUT2D eigenvalue weighted by atomic mass is 9.96. The van der Waals surface area contributed by atoms with Gasteiger partial charge in [0, 0.05) is 12.6 Å². The Kier molecular flexibility index (Phi) is 6.59. The fourth-order valence-electron chi connectivity index (χ4n) is 3.60. The number of amides is 1. The molecule has 1 amide bonds. The zero-order valence-electron chi connectivity index (χ0n) is 15.2. The van der Waals surface area contributed by atoms with E-state index >= 15 is 0 Å². The Hall–Kier alpha value is -1.44. The number of hydrogen-bond donors (Lipinski definition) is 3.